The summed E-state index contributed by atoms with van der Waals surface area (Å²) < 4.78 is 5.31. The Bertz CT molecular complexity index is 207. The zero-order valence-electron chi connectivity index (χ0n) is 9.46. The van der Waals surface area contributed by atoms with E-state index in [1.54, 1.807) is 4.90 Å². The predicted molar refractivity (Wildman–Crippen MR) is 55.3 cm³/mol. The van der Waals surface area contributed by atoms with Crippen LogP contribution in [0.25, 0.3) is 0 Å². The van der Waals surface area contributed by atoms with E-state index in [1.165, 1.54) is 0 Å². The summed E-state index contributed by atoms with van der Waals surface area (Å²) in [4.78, 5) is 13.5. The average Bonchev–Trinajstić information content (AvgIpc) is 1.92. The molecule has 0 aromatic heterocycles. The van der Waals surface area contributed by atoms with Crippen molar-refractivity contribution >= 4 is 6.09 Å². The molecule has 1 heterocycles. The molecule has 1 rings (SSSR count). The normalized spacial score (nSPS) is 17.4. The van der Waals surface area contributed by atoms with E-state index >= 15 is 0 Å². The highest BCUT2D eigenvalue weighted by Gasteiger charge is 2.30. The van der Waals surface area contributed by atoms with Crippen LogP contribution >= 0.6 is 0 Å². The molecule has 0 atom stereocenters. The summed E-state index contributed by atoms with van der Waals surface area (Å²) >= 11 is 0. The molecule has 1 N–H and O–H groups in total. The third-order valence-corrected chi connectivity index (χ3v) is 2.17. The molecule has 1 amide bonds. The third kappa shape index (κ3) is 2.87. The van der Waals surface area contributed by atoms with Crippen molar-refractivity contribution in [2.75, 3.05) is 19.6 Å². The molecular formula is C10H20N2O2. The van der Waals surface area contributed by atoms with Gasteiger partial charge in [-0.3, -0.25) is 0 Å². The Balaban J connectivity index is 2.47. The highest BCUT2D eigenvalue weighted by atomic mass is 16.6. The summed E-state index contributed by atoms with van der Waals surface area (Å²) in [5.74, 6) is 0. The van der Waals surface area contributed by atoms with Crippen LogP contribution in [0.5, 0.6) is 0 Å². The Morgan fingerprint density at radius 3 is 2.36 bits per heavy atom. The van der Waals surface area contributed by atoms with Crippen molar-refractivity contribution in [3.8, 4) is 0 Å². The van der Waals surface area contributed by atoms with Crippen LogP contribution in [0.4, 0.5) is 4.79 Å². The maximum Gasteiger partial charge on any atom is 0.410 e. The Morgan fingerprint density at radius 1 is 1.50 bits per heavy atom. The summed E-state index contributed by atoms with van der Waals surface area (Å²) in [5, 5.41) is 3.14. The summed E-state index contributed by atoms with van der Waals surface area (Å²) in [5.41, 5.74) is -0.401. The van der Waals surface area contributed by atoms with Crippen LogP contribution in [0.3, 0.4) is 0 Å². The van der Waals surface area contributed by atoms with Gasteiger partial charge in [0.05, 0.1) is 6.04 Å². The molecule has 1 saturated heterocycles. The van der Waals surface area contributed by atoms with Crippen LogP contribution in [0.2, 0.25) is 0 Å². The van der Waals surface area contributed by atoms with E-state index in [1.807, 2.05) is 27.7 Å². The molecule has 0 spiro atoms. The summed E-state index contributed by atoms with van der Waals surface area (Å²) in [6, 6.07) is 0.315. The smallest absolute Gasteiger partial charge is 0.410 e. The molecule has 0 radical (unpaired) electrons. The maximum absolute atomic E-state index is 11.7. The fraction of sp³-hybridized carbons (Fsp3) is 0.900. The zero-order valence-corrected chi connectivity index (χ0v) is 9.46. The second-order valence-corrected chi connectivity index (χ2v) is 4.58. The molecule has 0 saturated carbocycles. The van der Waals surface area contributed by atoms with Crippen LogP contribution in [0.15, 0.2) is 0 Å². The third-order valence-electron chi connectivity index (χ3n) is 2.17. The number of hydrogen-bond acceptors (Lipinski definition) is 3. The van der Waals surface area contributed by atoms with Gasteiger partial charge in [-0.25, -0.2) is 4.79 Å². The number of ether oxygens (including phenoxy) is 1. The topological polar surface area (TPSA) is 41.6 Å². The van der Waals surface area contributed by atoms with Crippen molar-refractivity contribution < 1.29 is 9.53 Å². The van der Waals surface area contributed by atoms with Gasteiger partial charge in [-0.2, -0.15) is 0 Å². The van der Waals surface area contributed by atoms with Crippen LogP contribution in [-0.4, -0.2) is 42.3 Å². The predicted octanol–water partition coefficient (Wildman–Crippen LogP) is 1.22. The molecule has 4 nitrogen and oxygen atoms in total. The number of nitrogens with one attached hydrogen (secondary N) is 1. The highest BCUT2D eigenvalue weighted by Crippen LogP contribution is 2.13. The van der Waals surface area contributed by atoms with Crippen molar-refractivity contribution in [1.82, 2.24) is 10.2 Å². The van der Waals surface area contributed by atoms with Crippen LogP contribution < -0.4 is 5.32 Å². The fourth-order valence-corrected chi connectivity index (χ4v) is 1.35. The molecule has 14 heavy (non-hydrogen) atoms. The molecule has 1 fully saturated rings. The van der Waals surface area contributed by atoms with E-state index in [0.29, 0.717) is 12.6 Å². The Morgan fingerprint density at radius 2 is 2.07 bits per heavy atom. The lowest BCUT2D eigenvalue weighted by Gasteiger charge is -2.38. The summed E-state index contributed by atoms with van der Waals surface area (Å²) in [7, 11) is 0. The quantitative estimate of drug-likeness (QED) is 0.728. The van der Waals surface area contributed by atoms with Gasteiger partial charge in [-0.1, -0.05) is 0 Å². The van der Waals surface area contributed by atoms with E-state index in [2.05, 4.69) is 5.32 Å². The first-order valence-corrected chi connectivity index (χ1v) is 5.14. The van der Waals surface area contributed by atoms with Crippen molar-refractivity contribution in [2.24, 2.45) is 0 Å². The number of amides is 1. The molecule has 4 heteroatoms. The Kier molecular flexibility index (Phi) is 3.37. The largest absolute Gasteiger partial charge is 0.444 e. The monoisotopic (exact) mass is 200 g/mol. The minimum atomic E-state index is -0.401. The number of likely N-dealkylation sites (N-methyl/N-ethyl adjacent to an activating group) is 1. The molecule has 1 aliphatic heterocycles. The zero-order chi connectivity index (χ0) is 10.8. The van der Waals surface area contributed by atoms with E-state index < -0.39 is 5.60 Å². The first-order chi connectivity index (χ1) is 6.44. The van der Waals surface area contributed by atoms with Crippen LogP contribution in [-0.2, 0) is 4.74 Å². The molecule has 82 valence electrons. The molecule has 0 unspecified atom stereocenters. The standard InChI is InChI=1S/C10H20N2O2/c1-5-12(8-6-11-7-8)9(13)14-10(2,3)4/h8,11H,5-7H2,1-4H3. The first kappa shape index (κ1) is 11.3. The molecule has 0 bridgehead atoms. The van der Waals surface area contributed by atoms with Gasteiger partial charge >= 0.3 is 6.09 Å². The molecule has 0 aromatic rings. The summed E-state index contributed by atoms with van der Waals surface area (Å²) in [6.07, 6.45) is -0.202. The minimum absolute atomic E-state index is 0.202. The lowest BCUT2D eigenvalue weighted by Crippen LogP contribution is -2.59. The van der Waals surface area contributed by atoms with Crippen LogP contribution in [0.1, 0.15) is 27.7 Å². The van der Waals surface area contributed by atoms with Crippen molar-refractivity contribution in [3.63, 3.8) is 0 Å². The van der Waals surface area contributed by atoms with Crippen molar-refractivity contribution in [3.05, 3.63) is 0 Å². The second kappa shape index (κ2) is 4.17. The van der Waals surface area contributed by atoms with Gasteiger partial charge in [-0.15, -0.1) is 0 Å². The van der Waals surface area contributed by atoms with E-state index in [4.69, 9.17) is 4.74 Å². The van der Waals surface area contributed by atoms with Gasteiger partial charge in [-0.05, 0) is 27.7 Å². The van der Waals surface area contributed by atoms with Crippen molar-refractivity contribution in [1.29, 1.82) is 0 Å². The van der Waals surface area contributed by atoms with E-state index in [0.717, 1.165) is 13.1 Å². The SMILES string of the molecule is CCN(C(=O)OC(C)(C)C)C1CNC1. The molecular weight excluding hydrogens is 180 g/mol. The Labute approximate surface area is 85.6 Å². The van der Waals surface area contributed by atoms with Crippen molar-refractivity contribution in [2.45, 2.75) is 39.3 Å². The van der Waals surface area contributed by atoms with Crippen LogP contribution in [0, 0.1) is 0 Å². The molecule has 0 aliphatic carbocycles. The number of carbonyl (C=O) groups is 1. The fourth-order valence-electron chi connectivity index (χ4n) is 1.35. The molecule has 0 aromatic carbocycles. The average molecular weight is 200 g/mol. The maximum atomic E-state index is 11.7. The number of carbonyl (C=O) groups excluding carboxylic acids is 1. The second-order valence-electron chi connectivity index (χ2n) is 4.58. The van der Waals surface area contributed by atoms with E-state index in [-0.39, 0.29) is 6.09 Å². The van der Waals surface area contributed by atoms with Gasteiger partial charge in [0.25, 0.3) is 0 Å². The van der Waals surface area contributed by atoms with E-state index in [9.17, 15) is 4.79 Å². The lowest BCUT2D eigenvalue weighted by atomic mass is 10.1. The number of rotatable bonds is 2. The van der Waals surface area contributed by atoms with Gasteiger partial charge < -0.3 is 15.0 Å². The lowest BCUT2D eigenvalue weighted by molar-refractivity contribution is 0.0119. The Hall–Kier alpha value is -0.770. The first-order valence-electron chi connectivity index (χ1n) is 5.14. The number of nitrogens with zero attached hydrogens (tertiary/aromatic N) is 1. The van der Waals surface area contributed by atoms with Gasteiger partial charge in [0.2, 0.25) is 0 Å². The summed E-state index contributed by atoms with van der Waals surface area (Å²) in [6.45, 7) is 10.1. The van der Waals surface area contributed by atoms with Gasteiger partial charge in [0.1, 0.15) is 5.60 Å². The van der Waals surface area contributed by atoms with Gasteiger partial charge in [0.15, 0.2) is 0 Å². The van der Waals surface area contributed by atoms with Gasteiger partial charge in [0, 0.05) is 19.6 Å². The highest BCUT2D eigenvalue weighted by molar-refractivity contribution is 5.68. The number of hydrogen-bond donors (Lipinski definition) is 1. The molecule has 1 aliphatic rings. The minimum Gasteiger partial charge on any atom is -0.444 e.